The molecule has 0 unspecified atom stereocenters. The summed E-state index contributed by atoms with van der Waals surface area (Å²) in [5.74, 6) is 0. The van der Waals surface area contributed by atoms with E-state index in [9.17, 15) is 8.42 Å². The molecule has 4 heterocycles. The molecule has 2 aliphatic rings. The zero-order chi connectivity index (χ0) is 28.8. The minimum Gasteiger partial charge on any atom is -0.310 e. The molecular weight excluding hydrogens is 589 g/mol. The van der Waals surface area contributed by atoms with Crippen molar-refractivity contribution in [3.8, 4) is 9.75 Å². The molecule has 0 amide bonds. The number of hydrogen-bond donors (Lipinski definition) is 0. The van der Waals surface area contributed by atoms with Crippen molar-refractivity contribution in [2.45, 2.75) is 15.2 Å². The highest BCUT2D eigenvalue weighted by Gasteiger charge is 2.53. The number of pyridine rings is 1. The lowest BCUT2D eigenvalue weighted by Crippen LogP contribution is -2.35. The van der Waals surface area contributed by atoms with E-state index in [-0.39, 0.29) is 9.79 Å². The lowest BCUT2D eigenvalue weighted by molar-refractivity contribution is 0.596. The first kappa shape index (κ1) is 25.0. The van der Waals surface area contributed by atoms with Crippen LogP contribution in [0.4, 0.5) is 17.1 Å². The first-order valence-corrected chi connectivity index (χ1v) is 17.2. The number of hydrogen-bond acceptors (Lipinski definition) is 6. The number of anilines is 3. The van der Waals surface area contributed by atoms with Crippen LogP contribution < -0.4 is 4.90 Å². The second-order valence-corrected chi connectivity index (χ2v) is 14.6. The van der Waals surface area contributed by atoms with Crippen LogP contribution in [0.2, 0.25) is 0 Å². The van der Waals surface area contributed by atoms with Gasteiger partial charge in [-0.1, -0.05) is 42.5 Å². The first-order chi connectivity index (χ1) is 21.1. The zero-order valence-corrected chi connectivity index (χ0v) is 25.1. The molecule has 0 fully saturated rings. The monoisotopic (exact) mass is 610 g/mol. The van der Waals surface area contributed by atoms with Crippen molar-refractivity contribution in [1.82, 2.24) is 4.98 Å². The molecule has 4 aromatic carbocycles. The van der Waals surface area contributed by atoms with E-state index in [0.29, 0.717) is 0 Å². The average Bonchev–Trinajstić information content (AvgIpc) is 3.78. The first-order valence-electron chi connectivity index (χ1n) is 13.9. The second kappa shape index (κ2) is 8.97. The Morgan fingerprint density at radius 2 is 1.28 bits per heavy atom. The highest BCUT2D eigenvalue weighted by Crippen LogP contribution is 2.65. The Kier molecular flexibility index (Phi) is 5.21. The summed E-state index contributed by atoms with van der Waals surface area (Å²) in [6, 6.07) is 37.7. The van der Waals surface area contributed by atoms with Gasteiger partial charge in [-0.3, -0.25) is 4.98 Å². The Hall–Kier alpha value is -4.56. The average molecular weight is 611 g/mol. The molecule has 4 nitrogen and oxygen atoms in total. The summed E-state index contributed by atoms with van der Waals surface area (Å²) >= 11 is 3.61. The minimum atomic E-state index is -3.63. The molecule has 1 aliphatic carbocycles. The molecule has 3 aromatic heterocycles. The lowest BCUT2D eigenvalue weighted by Gasteiger charge is -2.44. The molecule has 206 valence electrons. The van der Waals surface area contributed by atoms with Gasteiger partial charge in [-0.2, -0.15) is 0 Å². The van der Waals surface area contributed by atoms with Gasteiger partial charge in [0.1, 0.15) is 0 Å². The van der Waals surface area contributed by atoms with E-state index in [1.807, 2.05) is 30.5 Å². The molecule has 43 heavy (non-hydrogen) atoms. The molecule has 0 atom stereocenters. The van der Waals surface area contributed by atoms with Crippen LogP contribution in [-0.2, 0) is 15.3 Å². The van der Waals surface area contributed by atoms with Gasteiger partial charge in [0.25, 0.3) is 0 Å². The zero-order valence-electron chi connectivity index (χ0n) is 22.6. The predicted octanol–water partition coefficient (Wildman–Crippen LogP) is 9.34. The van der Waals surface area contributed by atoms with E-state index >= 15 is 0 Å². The van der Waals surface area contributed by atoms with Gasteiger partial charge in [0.15, 0.2) is 0 Å². The Bertz CT molecular complexity index is 2280. The number of sulfone groups is 1. The Morgan fingerprint density at radius 3 is 2.02 bits per heavy atom. The topological polar surface area (TPSA) is 50.3 Å². The van der Waals surface area contributed by atoms with Crippen LogP contribution in [0.25, 0.3) is 20.7 Å². The normalized spacial score (nSPS) is 14.4. The van der Waals surface area contributed by atoms with Crippen LogP contribution in [-0.4, -0.2) is 13.4 Å². The maximum atomic E-state index is 13.4. The van der Waals surface area contributed by atoms with Gasteiger partial charge in [-0.05, 0) is 106 Å². The van der Waals surface area contributed by atoms with E-state index in [1.165, 1.54) is 32.0 Å². The molecular formula is C36H22N2O2S3. The third-order valence-electron chi connectivity index (χ3n) is 8.72. The minimum absolute atomic E-state index is 0.270. The van der Waals surface area contributed by atoms with Crippen molar-refractivity contribution >= 4 is 60.5 Å². The molecule has 9 rings (SSSR count). The van der Waals surface area contributed by atoms with Crippen molar-refractivity contribution in [3.05, 3.63) is 154 Å². The van der Waals surface area contributed by atoms with E-state index < -0.39 is 15.3 Å². The SMILES string of the molecule is O=S(=O)(c1ccccc1)c1ccc(N2c3ccccc3C3(c4cc5cccnc5cc42)c2ccsc2-c2sccc23)cc1. The van der Waals surface area contributed by atoms with Crippen molar-refractivity contribution < 1.29 is 8.42 Å². The molecule has 0 bridgehead atoms. The molecule has 0 radical (unpaired) electrons. The summed E-state index contributed by atoms with van der Waals surface area (Å²) in [4.78, 5) is 10.2. The number of nitrogens with zero attached hydrogens (tertiary/aromatic N) is 2. The molecule has 0 N–H and O–H groups in total. The fourth-order valence-electron chi connectivity index (χ4n) is 6.93. The van der Waals surface area contributed by atoms with E-state index in [1.54, 1.807) is 59.1 Å². The van der Waals surface area contributed by atoms with Crippen molar-refractivity contribution in [2.24, 2.45) is 0 Å². The van der Waals surface area contributed by atoms with Gasteiger partial charge in [0.05, 0.1) is 32.1 Å². The number of fused-ring (bicyclic) bond motifs is 10. The van der Waals surface area contributed by atoms with E-state index in [0.717, 1.165) is 28.0 Å². The van der Waals surface area contributed by atoms with E-state index in [4.69, 9.17) is 4.98 Å². The second-order valence-electron chi connectivity index (χ2n) is 10.8. The Morgan fingerprint density at radius 1 is 0.605 bits per heavy atom. The van der Waals surface area contributed by atoms with Crippen molar-refractivity contribution in [3.63, 3.8) is 0 Å². The molecule has 0 saturated carbocycles. The third kappa shape index (κ3) is 3.30. The van der Waals surface area contributed by atoms with Crippen LogP contribution in [0.15, 0.2) is 142 Å². The van der Waals surface area contributed by atoms with Crippen molar-refractivity contribution in [2.75, 3.05) is 4.90 Å². The van der Waals surface area contributed by atoms with Crippen LogP contribution in [0.3, 0.4) is 0 Å². The van der Waals surface area contributed by atoms with Crippen molar-refractivity contribution in [1.29, 1.82) is 0 Å². The van der Waals surface area contributed by atoms with Gasteiger partial charge >= 0.3 is 0 Å². The molecule has 1 spiro atoms. The quantitative estimate of drug-likeness (QED) is 0.200. The number of aromatic nitrogens is 1. The van der Waals surface area contributed by atoms with Gasteiger partial charge in [-0.15, -0.1) is 22.7 Å². The summed E-state index contributed by atoms with van der Waals surface area (Å²) in [5.41, 5.74) is 8.50. The Balaban J connectivity index is 1.32. The summed E-state index contributed by atoms with van der Waals surface area (Å²) in [5, 5.41) is 5.50. The van der Waals surface area contributed by atoms with Crippen LogP contribution >= 0.6 is 22.7 Å². The third-order valence-corrected chi connectivity index (χ3v) is 12.5. The summed E-state index contributed by atoms with van der Waals surface area (Å²) in [6.45, 7) is 0. The molecule has 0 saturated heterocycles. The number of thiophene rings is 2. The smallest absolute Gasteiger partial charge is 0.206 e. The molecule has 1 aliphatic heterocycles. The highest BCUT2D eigenvalue weighted by molar-refractivity contribution is 7.91. The van der Waals surface area contributed by atoms with Crippen LogP contribution in [0.1, 0.15) is 22.3 Å². The predicted molar refractivity (Wildman–Crippen MR) is 175 cm³/mol. The number of rotatable bonds is 3. The van der Waals surface area contributed by atoms with Crippen LogP contribution in [0, 0.1) is 0 Å². The number of para-hydroxylation sites is 1. The van der Waals surface area contributed by atoms with E-state index in [2.05, 4.69) is 70.3 Å². The maximum Gasteiger partial charge on any atom is 0.206 e. The van der Waals surface area contributed by atoms with Gasteiger partial charge < -0.3 is 4.90 Å². The standard InChI is InChI=1S/C36H22N2O2S3/c39-43(40,25-8-2-1-3-9-25)26-14-12-24(13-15-26)38-32-11-5-4-10-27(32)36(28-16-19-41-34(28)35-29(36)17-20-42-35)30-21-23-7-6-18-37-31(23)22-33(30)38/h1-22H. The lowest BCUT2D eigenvalue weighted by atomic mass is 9.65. The summed E-state index contributed by atoms with van der Waals surface area (Å²) in [7, 11) is -3.63. The molecule has 7 heteroatoms. The maximum absolute atomic E-state index is 13.4. The Labute approximate surface area is 257 Å². The molecule has 7 aromatic rings. The fourth-order valence-corrected chi connectivity index (χ4v) is 10.3. The van der Waals surface area contributed by atoms with Crippen LogP contribution in [0.5, 0.6) is 0 Å². The fraction of sp³-hybridized carbons (Fsp3) is 0.0278. The highest BCUT2D eigenvalue weighted by atomic mass is 32.2. The summed E-state index contributed by atoms with van der Waals surface area (Å²) in [6.07, 6.45) is 1.83. The van der Waals surface area contributed by atoms with Gasteiger partial charge in [0.2, 0.25) is 9.84 Å². The van der Waals surface area contributed by atoms with Gasteiger partial charge in [-0.25, -0.2) is 8.42 Å². The summed E-state index contributed by atoms with van der Waals surface area (Å²) < 4.78 is 26.8. The largest absolute Gasteiger partial charge is 0.310 e. The van der Waals surface area contributed by atoms with Gasteiger partial charge in [0, 0.05) is 27.0 Å². The number of benzene rings is 4.